The number of carbonyl (C=O) groups is 3. The Morgan fingerprint density at radius 1 is 1.09 bits per heavy atom. The van der Waals surface area contributed by atoms with Crippen LogP contribution >= 0.6 is 11.3 Å². The molecular weight excluding hydrogens is 602 g/mol. The van der Waals surface area contributed by atoms with E-state index in [1.54, 1.807) is 29.5 Å². The quantitative estimate of drug-likeness (QED) is 0.273. The number of amides is 3. The standard InChI is InChI=1S/C35H45N5O5S/c1-21(23-9-11-24(12-10-23)30-22(2)37-20-46-30)38-33(43)29-18-26(41)19-40(29)34(44)31(35(3,4)5)39-32(42)25-7-6-8-28(17-25)45-27-13-15-36-16-14-27/h6-12,17,20-21,26-27,29,31,36,41H,13-16,18-19H2,1-5H3,(H,38,43)(H,39,42)/t21?,26-,29+,31?/m1/s1. The number of aliphatic hydroxyl groups excluding tert-OH is 1. The average molecular weight is 648 g/mol. The van der Waals surface area contributed by atoms with Crippen LogP contribution in [0, 0.1) is 12.3 Å². The van der Waals surface area contributed by atoms with Crippen LogP contribution in [0.1, 0.15) is 74.6 Å². The second-order valence-electron chi connectivity index (χ2n) is 13.4. The first-order chi connectivity index (χ1) is 21.9. The van der Waals surface area contributed by atoms with Gasteiger partial charge in [-0.25, -0.2) is 4.98 Å². The minimum atomic E-state index is -0.935. The highest BCUT2D eigenvalue weighted by Gasteiger charge is 2.44. The van der Waals surface area contributed by atoms with Gasteiger partial charge in [0.15, 0.2) is 0 Å². The van der Waals surface area contributed by atoms with Gasteiger partial charge in [-0.05, 0) is 74.5 Å². The van der Waals surface area contributed by atoms with Crippen LogP contribution in [-0.4, -0.2) is 76.6 Å². The Morgan fingerprint density at radius 2 is 1.80 bits per heavy atom. The van der Waals surface area contributed by atoms with Gasteiger partial charge in [0.2, 0.25) is 11.8 Å². The number of piperidine rings is 1. The van der Waals surface area contributed by atoms with E-state index < -0.39 is 35.4 Å². The molecule has 11 heteroatoms. The van der Waals surface area contributed by atoms with Crippen LogP contribution in [0.25, 0.3) is 10.4 Å². The Morgan fingerprint density at radius 3 is 2.46 bits per heavy atom. The Bertz CT molecular complexity index is 1530. The van der Waals surface area contributed by atoms with Crippen molar-refractivity contribution in [2.75, 3.05) is 19.6 Å². The molecule has 4 atom stereocenters. The van der Waals surface area contributed by atoms with E-state index >= 15 is 0 Å². The molecule has 10 nitrogen and oxygen atoms in total. The number of aryl methyl sites for hydroxylation is 1. The Hall–Kier alpha value is -3.80. The SMILES string of the molecule is Cc1ncsc1-c1ccc(C(C)NC(=O)[C@@H]2C[C@@H](O)CN2C(=O)C(NC(=O)c2cccc(OC3CCNCC3)c2)C(C)(C)C)cc1. The Kier molecular flexibility index (Phi) is 10.4. The van der Waals surface area contributed by atoms with Crippen LogP contribution in [0.5, 0.6) is 5.75 Å². The van der Waals surface area contributed by atoms with Crippen LogP contribution in [0.4, 0.5) is 0 Å². The predicted molar refractivity (Wildman–Crippen MR) is 179 cm³/mol. The molecule has 0 spiro atoms. The Balaban J connectivity index is 1.26. The zero-order valence-corrected chi connectivity index (χ0v) is 28.0. The van der Waals surface area contributed by atoms with Crippen molar-refractivity contribution in [3.8, 4) is 16.2 Å². The summed E-state index contributed by atoms with van der Waals surface area (Å²) in [4.78, 5) is 48.0. The summed E-state index contributed by atoms with van der Waals surface area (Å²) in [6.07, 6.45) is 1.15. The number of benzene rings is 2. The minimum Gasteiger partial charge on any atom is -0.490 e. The molecule has 46 heavy (non-hydrogen) atoms. The highest BCUT2D eigenvalue weighted by Crippen LogP contribution is 2.30. The van der Waals surface area contributed by atoms with Crippen molar-refractivity contribution in [1.82, 2.24) is 25.8 Å². The number of likely N-dealkylation sites (tertiary alicyclic amines) is 1. The van der Waals surface area contributed by atoms with E-state index in [4.69, 9.17) is 4.74 Å². The molecule has 3 amide bonds. The van der Waals surface area contributed by atoms with Gasteiger partial charge in [0, 0.05) is 18.5 Å². The number of hydrogen-bond acceptors (Lipinski definition) is 8. The number of carbonyl (C=O) groups excluding carboxylic acids is 3. The molecule has 4 N–H and O–H groups in total. The molecule has 0 bridgehead atoms. The lowest BCUT2D eigenvalue weighted by Crippen LogP contribution is -2.57. The van der Waals surface area contributed by atoms with Gasteiger partial charge in [-0.1, -0.05) is 51.1 Å². The maximum absolute atomic E-state index is 14.1. The molecule has 3 heterocycles. The third kappa shape index (κ3) is 7.94. The zero-order valence-electron chi connectivity index (χ0n) is 27.2. The maximum atomic E-state index is 14.1. The summed E-state index contributed by atoms with van der Waals surface area (Å²) in [6, 6.07) is 12.8. The normalized spacial score (nSPS) is 20.2. The van der Waals surface area contributed by atoms with Crippen LogP contribution in [-0.2, 0) is 9.59 Å². The summed E-state index contributed by atoms with van der Waals surface area (Å²) in [6.45, 7) is 11.3. The van der Waals surface area contributed by atoms with Gasteiger partial charge in [0.1, 0.15) is 23.9 Å². The first-order valence-corrected chi connectivity index (χ1v) is 16.9. The van der Waals surface area contributed by atoms with Crippen molar-refractivity contribution in [2.24, 2.45) is 5.41 Å². The largest absolute Gasteiger partial charge is 0.490 e. The number of nitrogens with zero attached hydrogens (tertiary/aromatic N) is 2. The van der Waals surface area contributed by atoms with Crippen molar-refractivity contribution in [2.45, 2.75) is 84.2 Å². The summed E-state index contributed by atoms with van der Waals surface area (Å²) in [5, 5.41) is 19.9. The van der Waals surface area contributed by atoms with Crippen molar-refractivity contribution in [3.05, 3.63) is 70.9 Å². The van der Waals surface area contributed by atoms with Crippen LogP contribution in [0.2, 0.25) is 0 Å². The topological polar surface area (TPSA) is 133 Å². The fraction of sp³-hybridized carbons (Fsp3) is 0.486. The number of aromatic nitrogens is 1. The minimum absolute atomic E-state index is 0.0101. The van der Waals surface area contributed by atoms with Crippen LogP contribution < -0.4 is 20.7 Å². The highest BCUT2D eigenvalue weighted by atomic mass is 32.1. The first-order valence-electron chi connectivity index (χ1n) is 16.0. The number of β-amino-alcohol motifs (C(OH)–C–C–N with tert-alkyl or cyclic N) is 1. The number of thiazole rings is 1. The third-order valence-electron chi connectivity index (χ3n) is 8.72. The second-order valence-corrected chi connectivity index (χ2v) is 14.2. The van der Waals surface area contributed by atoms with Crippen molar-refractivity contribution in [3.63, 3.8) is 0 Å². The van der Waals surface area contributed by atoms with Gasteiger partial charge in [-0.15, -0.1) is 11.3 Å². The molecule has 1 aromatic heterocycles. The van der Waals surface area contributed by atoms with Gasteiger partial charge >= 0.3 is 0 Å². The fourth-order valence-electron chi connectivity index (χ4n) is 6.05. The van der Waals surface area contributed by atoms with Crippen molar-refractivity contribution in [1.29, 1.82) is 0 Å². The average Bonchev–Trinajstić information content (AvgIpc) is 3.64. The summed E-state index contributed by atoms with van der Waals surface area (Å²) in [5.74, 6) is -0.548. The molecule has 0 aliphatic carbocycles. The van der Waals surface area contributed by atoms with E-state index in [0.29, 0.717) is 11.3 Å². The lowest BCUT2D eigenvalue weighted by atomic mass is 9.85. The fourth-order valence-corrected chi connectivity index (χ4v) is 6.86. The van der Waals surface area contributed by atoms with Gasteiger partial charge < -0.3 is 30.7 Å². The van der Waals surface area contributed by atoms with Gasteiger partial charge in [-0.2, -0.15) is 0 Å². The molecule has 5 rings (SSSR count). The number of nitrogens with one attached hydrogen (secondary N) is 3. The van der Waals surface area contributed by atoms with Crippen molar-refractivity contribution >= 4 is 29.1 Å². The van der Waals surface area contributed by atoms with E-state index in [1.807, 2.05) is 70.5 Å². The molecule has 2 saturated heterocycles. The molecule has 0 saturated carbocycles. The first kappa shape index (κ1) is 33.6. The summed E-state index contributed by atoms with van der Waals surface area (Å²) >= 11 is 1.58. The van der Waals surface area contributed by atoms with Gasteiger partial charge in [-0.3, -0.25) is 14.4 Å². The van der Waals surface area contributed by atoms with E-state index in [-0.39, 0.29) is 31.0 Å². The molecule has 2 aliphatic heterocycles. The monoisotopic (exact) mass is 647 g/mol. The third-order valence-corrected chi connectivity index (χ3v) is 9.69. The second kappa shape index (κ2) is 14.3. The van der Waals surface area contributed by atoms with Crippen LogP contribution in [0.3, 0.4) is 0 Å². The molecule has 3 aromatic rings. The number of hydrogen-bond donors (Lipinski definition) is 4. The lowest BCUT2D eigenvalue weighted by molar-refractivity contribution is -0.142. The molecule has 2 aliphatic rings. The summed E-state index contributed by atoms with van der Waals surface area (Å²) < 4.78 is 6.12. The number of rotatable bonds is 9. The maximum Gasteiger partial charge on any atom is 0.252 e. The molecule has 2 fully saturated rings. The summed E-state index contributed by atoms with van der Waals surface area (Å²) in [7, 11) is 0. The van der Waals surface area contributed by atoms with Crippen LogP contribution in [0.15, 0.2) is 54.0 Å². The van der Waals surface area contributed by atoms with Gasteiger partial charge in [0.25, 0.3) is 5.91 Å². The summed E-state index contributed by atoms with van der Waals surface area (Å²) in [5.41, 5.74) is 4.49. The van der Waals surface area contributed by atoms with E-state index in [0.717, 1.165) is 47.6 Å². The van der Waals surface area contributed by atoms with E-state index in [2.05, 4.69) is 20.9 Å². The van der Waals surface area contributed by atoms with E-state index in [9.17, 15) is 19.5 Å². The highest BCUT2D eigenvalue weighted by molar-refractivity contribution is 7.13. The smallest absolute Gasteiger partial charge is 0.252 e. The molecule has 2 unspecified atom stereocenters. The van der Waals surface area contributed by atoms with E-state index in [1.165, 1.54) is 4.90 Å². The lowest BCUT2D eigenvalue weighted by Gasteiger charge is -2.35. The molecule has 2 aromatic carbocycles. The molecule has 246 valence electrons. The predicted octanol–water partition coefficient (Wildman–Crippen LogP) is 4.23. The number of aliphatic hydroxyl groups is 1. The van der Waals surface area contributed by atoms with Gasteiger partial charge in [0.05, 0.1) is 28.2 Å². The number of ether oxygens (including phenoxy) is 1. The molecular formula is C35H45N5O5S. The zero-order chi connectivity index (χ0) is 33.0. The molecule has 0 radical (unpaired) electrons. The van der Waals surface area contributed by atoms with Crippen molar-refractivity contribution < 1.29 is 24.2 Å². The Labute approximate surface area is 274 Å².